The van der Waals surface area contributed by atoms with Crippen molar-refractivity contribution < 1.29 is 4.79 Å². The highest BCUT2D eigenvalue weighted by atomic mass is 35.5. The SMILES string of the molecule is CCN1C(=O)C(C)(C)c2cc3[nH]c(-c4ccnc5c4CCCC5)nc3cc21.Cl. The highest BCUT2D eigenvalue weighted by molar-refractivity contribution is 6.09. The molecule has 1 aliphatic heterocycles. The number of carbonyl (C=O) groups is 1. The molecule has 1 amide bonds. The molecule has 1 aromatic carbocycles. The normalized spacial score (nSPS) is 17.4. The predicted molar refractivity (Wildman–Crippen MR) is 114 cm³/mol. The van der Waals surface area contributed by atoms with Gasteiger partial charge in [-0.05, 0) is 75.8 Å². The van der Waals surface area contributed by atoms with Gasteiger partial charge < -0.3 is 9.88 Å². The van der Waals surface area contributed by atoms with Crippen LogP contribution in [0.5, 0.6) is 0 Å². The summed E-state index contributed by atoms with van der Waals surface area (Å²) in [4.78, 5) is 27.6. The monoisotopic (exact) mass is 396 g/mol. The van der Waals surface area contributed by atoms with E-state index in [0.29, 0.717) is 6.54 Å². The molecule has 0 fully saturated rings. The number of H-pyrrole nitrogens is 1. The summed E-state index contributed by atoms with van der Waals surface area (Å²) in [5.74, 6) is 1.07. The Morgan fingerprint density at radius 3 is 2.79 bits per heavy atom. The molecule has 146 valence electrons. The van der Waals surface area contributed by atoms with E-state index in [0.717, 1.165) is 41.0 Å². The lowest BCUT2D eigenvalue weighted by Gasteiger charge is -2.18. The van der Waals surface area contributed by atoms with E-state index >= 15 is 0 Å². The van der Waals surface area contributed by atoms with Gasteiger partial charge in [0.1, 0.15) is 5.82 Å². The number of pyridine rings is 1. The Hall–Kier alpha value is -2.40. The minimum atomic E-state index is -0.499. The first-order chi connectivity index (χ1) is 13.0. The molecule has 0 saturated heterocycles. The van der Waals surface area contributed by atoms with Crippen molar-refractivity contribution in [1.29, 1.82) is 0 Å². The highest BCUT2D eigenvalue weighted by Gasteiger charge is 2.43. The van der Waals surface area contributed by atoms with Crippen molar-refractivity contribution >= 4 is 35.0 Å². The number of imidazole rings is 1. The molecule has 5 rings (SSSR count). The minimum Gasteiger partial charge on any atom is -0.338 e. The molecule has 1 N–H and O–H groups in total. The molecule has 3 aromatic rings. The molecule has 1 aliphatic carbocycles. The molecule has 5 nitrogen and oxygen atoms in total. The van der Waals surface area contributed by atoms with Gasteiger partial charge in [0.2, 0.25) is 5.91 Å². The molecular formula is C22H25ClN4O. The standard InChI is InChI=1S/C22H24N4O.ClH/c1-4-26-19-12-18-17(11-15(19)22(2,3)21(26)27)24-20(25-18)14-9-10-23-16-8-6-5-7-13(14)16;/h9-12H,4-8H2,1-3H3,(H,24,25);1H. The fraction of sp³-hybridized carbons (Fsp3) is 0.409. The van der Waals surface area contributed by atoms with E-state index in [1.807, 2.05) is 31.9 Å². The smallest absolute Gasteiger partial charge is 0.237 e. The second-order valence-corrected chi connectivity index (χ2v) is 8.14. The predicted octanol–water partition coefficient (Wildman–Crippen LogP) is 4.57. The number of rotatable bonds is 2. The third-order valence-corrected chi connectivity index (χ3v) is 6.15. The summed E-state index contributed by atoms with van der Waals surface area (Å²) >= 11 is 0. The molecule has 0 spiro atoms. The van der Waals surface area contributed by atoms with Gasteiger partial charge in [-0.15, -0.1) is 12.4 Å². The Labute approximate surface area is 171 Å². The summed E-state index contributed by atoms with van der Waals surface area (Å²) in [6.07, 6.45) is 6.44. The van der Waals surface area contributed by atoms with E-state index in [4.69, 9.17) is 4.98 Å². The molecule has 28 heavy (non-hydrogen) atoms. The maximum Gasteiger partial charge on any atom is 0.237 e. The number of benzene rings is 1. The van der Waals surface area contributed by atoms with Gasteiger partial charge in [0.25, 0.3) is 0 Å². The maximum atomic E-state index is 12.8. The second kappa shape index (κ2) is 6.59. The van der Waals surface area contributed by atoms with Crippen molar-refractivity contribution in [3.63, 3.8) is 0 Å². The van der Waals surface area contributed by atoms with Gasteiger partial charge in [0.15, 0.2) is 0 Å². The topological polar surface area (TPSA) is 61.9 Å². The van der Waals surface area contributed by atoms with Crippen molar-refractivity contribution in [2.45, 2.75) is 51.9 Å². The number of likely N-dealkylation sites (N-methyl/N-ethyl adjacent to an activating group) is 1. The van der Waals surface area contributed by atoms with Crippen LogP contribution in [0.1, 0.15) is 50.4 Å². The Kier molecular flexibility index (Phi) is 4.46. The van der Waals surface area contributed by atoms with Gasteiger partial charge in [0.05, 0.1) is 22.1 Å². The number of aromatic nitrogens is 3. The number of hydrogen-bond acceptors (Lipinski definition) is 3. The number of aryl methyl sites for hydroxylation is 1. The van der Waals surface area contributed by atoms with Crippen LogP contribution < -0.4 is 4.90 Å². The number of anilines is 1. The molecule has 6 heteroatoms. The Bertz CT molecular complexity index is 1090. The van der Waals surface area contributed by atoms with E-state index in [1.54, 1.807) is 0 Å². The van der Waals surface area contributed by atoms with Crippen LogP contribution in [0.15, 0.2) is 24.4 Å². The van der Waals surface area contributed by atoms with E-state index in [1.165, 1.54) is 29.7 Å². The Morgan fingerprint density at radius 1 is 1.21 bits per heavy atom. The number of hydrogen-bond donors (Lipinski definition) is 1. The van der Waals surface area contributed by atoms with Crippen LogP contribution in [0.4, 0.5) is 5.69 Å². The molecular weight excluding hydrogens is 372 g/mol. The van der Waals surface area contributed by atoms with Crippen LogP contribution in [0.25, 0.3) is 22.4 Å². The van der Waals surface area contributed by atoms with Gasteiger partial charge in [-0.3, -0.25) is 9.78 Å². The van der Waals surface area contributed by atoms with Gasteiger partial charge in [-0.1, -0.05) is 0 Å². The summed E-state index contributed by atoms with van der Waals surface area (Å²) in [5.41, 5.74) is 7.19. The van der Waals surface area contributed by atoms with Crippen molar-refractivity contribution in [3.8, 4) is 11.4 Å². The summed E-state index contributed by atoms with van der Waals surface area (Å²) in [7, 11) is 0. The van der Waals surface area contributed by atoms with Crippen molar-refractivity contribution in [2.75, 3.05) is 11.4 Å². The molecule has 2 aliphatic rings. The third-order valence-electron chi connectivity index (χ3n) is 6.15. The Balaban J connectivity index is 0.00000192. The van der Waals surface area contributed by atoms with Crippen molar-refractivity contribution in [3.05, 3.63) is 41.2 Å². The van der Waals surface area contributed by atoms with Crippen molar-refractivity contribution in [1.82, 2.24) is 15.0 Å². The number of nitrogens with zero attached hydrogens (tertiary/aromatic N) is 3. The lowest BCUT2D eigenvalue weighted by molar-refractivity contribution is -0.122. The highest BCUT2D eigenvalue weighted by Crippen LogP contribution is 2.43. The van der Waals surface area contributed by atoms with Crippen LogP contribution in [-0.2, 0) is 23.1 Å². The lowest BCUT2D eigenvalue weighted by atomic mass is 9.86. The number of aromatic amines is 1. The molecule has 0 radical (unpaired) electrons. The lowest BCUT2D eigenvalue weighted by Crippen LogP contribution is -2.35. The molecule has 0 saturated carbocycles. The van der Waals surface area contributed by atoms with Gasteiger partial charge in [0, 0.05) is 24.0 Å². The van der Waals surface area contributed by atoms with Gasteiger partial charge in [-0.25, -0.2) is 4.98 Å². The van der Waals surface area contributed by atoms with Crippen LogP contribution in [-0.4, -0.2) is 27.4 Å². The molecule has 0 bridgehead atoms. The number of fused-ring (bicyclic) bond motifs is 3. The largest absolute Gasteiger partial charge is 0.338 e. The number of amides is 1. The van der Waals surface area contributed by atoms with Crippen LogP contribution in [0, 0.1) is 0 Å². The summed E-state index contributed by atoms with van der Waals surface area (Å²) in [5, 5.41) is 0. The van der Waals surface area contributed by atoms with E-state index in [2.05, 4.69) is 28.2 Å². The van der Waals surface area contributed by atoms with Crippen LogP contribution in [0.2, 0.25) is 0 Å². The Morgan fingerprint density at radius 2 is 2.00 bits per heavy atom. The fourth-order valence-corrected chi connectivity index (χ4v) is 4.62. The first-order valence-corrected chi connectivity index (χ1v) is 9.84. The molecule has 2 aromatic heterocycles. The van der Waals surface area contributed by atoms with Gasteiger partial charge in [-0.2, -0.15) is 0 Å². The zero-order valence-corrected chi connectivity index (χ0v) is 17.3. The zero-order chi connectivity index (χ0) is 18.8. The van der Waals surface area contributed by atoms with Crippen LogP contribution in [0.3, 0.4) is 0 Å². The van der Waals surface area contributed by atoms with Gasteiger partial charge >= 0.3 is 0 Å². The van der Waals surface area contributed by atoms with E-state index < -0.39 is 5.41 Å². The van der Waals surface area contributed by atoms with E-state index in [9.17, 15) is 4.79 Å². The summed E-state index contributed by atoms with van der Waals surface area (Å²) in [6, 6.07) is 6.25. The van der Waals surface area contributed by atoms with Crippen molar-refractivity contribution in [2.24, 2.45) is 0 Å². The van der Waals surface area contributed by atoms with Crippen LogP contribution >= 0.6 is 12.4 Å². The summed E-state index contributed by atoms with van der Waals surface area (Å²) < 4.78 is 0. The molecule has 3 heterocycles. The quantitative estimate of drug-likeness (QED) is 0.690. The summed E-state index contributed by atoms with van der Waals surface area (Å²) in [6.45, 7) is 6.71. The number of halogens is 1. The molecule has 0 atom stereocenters. The number of nitrogens with one attached hydrogen (secondary N) is 1. The zero-order valence-electron chi connectivity index (χ0n) is 16.5. The first-order valence-electron chi connectivity index (χ1n) is 9.84. The number of carbonyl (C=O) groups excluding carboxylic acids is 1. The molecule has 0 unspecified atom stereocenters. The minimum absolute atomic E-state index is 0. The second-order valence-electron chi connectivity index (χ2n) is 8.14. The third kappa shape index (κ3) is 2.56. The fourth-order valence-electron chi connectivity index (χ4n) is 4.62. The first kappa shape index (κ1) is 18.9. The van der Waals surface area contributed by atoms with E-state index in [-0.39, 0.29) is 18.3 Å². The average Bonchev–Trinajstić information content (AvgIpc) is 3.17. The average molecular weight is 397 g/mol. The maximum absolute atomic E-state index is 12.8.